The fourth-order valence-electron chi connectivity index (χ4n) is 2.95. The Kier molecular flexibility index (Phi) is 11.9. The molecule has 0 aliphatic heterocycles. The normalized spacial score (nSPS) is 15.7. The maximum absolute atomic E-state index is 13.6. The summed E-state index contributed by atoms with van der Waals surface area (Å²) in [5.74, 6) is -43.8. The van der Waals surface area contributed by atoms with Gasteiger partial charge in [-0.25, -0.2) is 4.79 Å². The molecule has 0 amide bonds. The number of hydrogen-bond donors (Lipinski definition) is 0. The summed E-state index contributed by atoms with van der Waals surface area (Å²) in [4.78, 5) is 24.0. The van der Waals surface area contributed by atoms with Crippen LogP contribution in [0.25, 0.3) is 0 Å². The number of rotatable bonds is 15. The highest BCUT2D eigenvalue weighted by Gasteiger charge is 2.82. The zero-order valence-electron chi connectivity index (χ0n) is 21.7. The standard InChI is InChI=1S/C20H22F18NO4/c1-39(2,3)10(12(41)43-9-7-14(23,24)16(27,28)18(31,32)20(36,37)38)4-5-11(40)42-8-6-13(21,22)15(25,26)17(29,30)19(33,34)35/h10H,4-9H2,1-3H3/q+1. The molecule has 256 valence electrons. The summed E-state index contributed by atoms with van der Waals surface area (Å²) < 4.78 is 239. The van der Waals surface area contributed by atoms with Crippen LogP contribution >= 0.6 is 0 Å². The largest absolute Gasteiger partial charge is 0.465 e. The number of nitrogens with zero attached hydrogens (tertiary/aromatic N) is 1. The fourth-order valence-corrected chi connectivity index (χ4v) is 2.95. The number of hydrogen-bond acceptors (Lipinski definition) is 4. The number of likely N-dealkylation sites (N-methyl/N-ethyl adjacent to an activating group) is 1. The highest BCUT2D eigenvalue weighted by Crippen LogP contribution is 2.55. The Hall–Kier alpha value is -2.36. The van der Waals surface area contributed by atoms with Gasteiger partial charge in [0, 0.05) is 6.42 Å². The van der Waals surface area contributed by atoms with Gasteiger partial charge < -0.3 is 14.0 Å². The van der Waals surface area contributed by atoms with Crippen LogP contribution in [-0.2, 0) is 19.1 Å². The third-order valence-corrected chi connectivity index (χ3v) is 5.59. The molecule has 23 heteroatoms. The van der Waals surface area contributed by atoms with Gasteiger partial charge in [-0.1, -0.05) is 0 Å². The highest BCUT2D eigenvalue weighted by atomic mass is 19.4. The molecule has 0 spiro atoms. The predicted molar refractivity (Wildman–Crippen MR) is 104 cm³/mol. The van der Waals surface area contributed by atoms with Gasteiger partial charge in [-0.3, -0.25) is 4.79 Å². The van der Waals surface area contributed by atoms with Gasteiger partial charge in [0.25, 0.3) is 0 Å². The van der Waals surface area contributed by atoms with Crippen molar-refractivity contribution >= 4 is 11.9 Å². The first-order valence-electron chi connectivity index (χ1n) is 11.2. The molecule has 0 saturated carbocycles. The third kappa shape index (κ3) is 8.64. The van der Waals surface area contributed by atoms with Crippen molar-refractivity contribution in [2.24, 2.45) is 0 Å². The van der Waals surface area contributed by atoms with Crippen molar-refractivity contribution in [1.82, 2.24) is 0 Å². The molecule has 1 unspecified atom stereocenters. The lowest BCUT2D eigenvalue weighted by Gasteiger charge is -2.34. The van der Waals surface area contributed by atoms with E-state index < -0.39 is 109 Å². The summed E-state index contributed by atoms with van der Waals surface area (Å²) in [6.07, 6.45) is -21.1. The van der Waals surface area contributed by atoms with E-state index in [-0.39, 0.29) is 0 Å². The Labute approximate surface area is 229 Å². The Balaban J connectivity index is 5.27. The summed E-state index contributed by atoms with van der Waals surface area (Å²) >= 11 is 0. The van der Waals surface area contributed by atoms with E-state index in [1.807, 2.05) is 0 Å². The molecule has 0 aromatic heterocycles. The highest BCUT2D eigenvalue weighted by molar-refractivity contribution is 5.76. The van der Waals surface area contributed by atoms with Crippen LogP contribution in [0, 0.1) is 0 Å². The number of quaternary nitrogens is 1. The number of esters is 2. The molecule has 0 aliphatic rings. The van der Waals surface area contributed by atoms with E-state index >= 15 is 0 Å². The molecule has 0 aromatic carbocycles. The number of carbonyl (C=O) groups is 2. The second kappa shape index (κ2) is 12.6. The Morgan fingerprint density at radius 1 is 0.558 bits per heavy atom. The summed E-state index contributed by atoms with van der Waals surface area (Å²) in [6, 6.07) is -1.69. The van der Waals surface area contributed by atoms with Crippen molar-refractivity contribution in [2.75, 3.05) is 34.4 Å². The van der Waals surface area contributed by atoms with E-state index in [1.165, 1.54) is 0 Å². The first-order valence-corrected chi connectivity index (χ1v) is 11.2. The van der Waals surface area contributed by atoms with Gasteiger partial charge in [-0.05, 0) is 0 Å². The molecule has 0 radical (unpaired) electrons. The molecule has 0 aliphatic carbocycles. The molecule has 43 heavy (non-hydrogen) atoms. The quantitative estimate of drug-likeness (QED) is 0.110. The molecule has 0 fully saturated rings. The van der Waals surface area contributed by atoms with Crippen molar-refractivity contribution in [3.05, 3.63) is 0 Å². The second-order valence-corrected chi connectivity index (χ2v) is 9.76. The summed E-state index contributed by atoms with van der Waals surface area (Å²) in [7, 11) is 3.44. The van der Waals surface area contributed by atoms with Gasteiger partial charge in [0.2, 0.25) is 0 Å². The zero-order valence-corrected chi connectivity index (χ0v) is 21.7. The SMILES string of the molecule is C[N+](C)(C)C(CCC(=O)OCCC(F)(F)C(F)(F)C(F)(F)C(F)(F)F)C(=O)OCCC(F)(F)C(F)(F)C(F)(F)C(F)(F)F. The van der Waals surface area contributed by atoms with Gasteiger partial charge in [-0.15, -0.1) is 0 Å². The maximum atomic E-state index is 13.6. The topological polar surface area (TPSA) is 52.6 Å². The van der Waals surface area contributed by atoms with Gasteiger partial charge in [0.1, 0.15) is 0 Å². The molecule has 0 aromatic rings. The van der Waals surface area contributed by atoms with Gasteiger partial charge in [0.05, 0.1) is 53.6 Å². The lowest BCUT2D eigenvalue weighted by atomic mass is 10.0. The fraction of sp³-hybridized carbons (Fsp3) is 0.900. The second-order valence-electron chi connectivity index (χ2n) is 9.76. The van der Waals surface area contributed by atoms with Crippen molar-refractivity contribution < 1.29 is 103 Å². The summed E-state index contributed by atoms with van der Waals surface area (Å²) in [5.41, 5.74) is 0. The lowest BCUT2D eigenvalue weighted by Crippen LogP contribution is -2.61. The minimum atomic E-state index is -7.20. The van der Waals surface area contributed by atoms with Gasteiger partial charge in [0.15, 0.2) is 6.04 Å². The van der Waals surface area contributed by atoms with Gasteiger partial charge in [-0.2, -0.15) is 79.0 Å². The van der Waals surface area contributed by atoms with E-state index in [0.717, 1.165) is 21.1 Å². The maximum Gasteiger partial charge on any atom is 0.460 e. The van der Waals surface area contributed by atoms with Crippen molar-refractivity contribution in [1.29, 1.82) is 0 Å². The Bertz CT molecular complexity index is 968. The van der Waals surface area contributed by atoms with Crippen LogP contribution in [0.2, 0.25) is 0 Å². The molecule has 1 atom stereocenters. The lowest BCUT2D eigenvalue weighted by molar-refractivity contribution is -0.887. The van der Waals surface area contributed by atoms with Crippen LogP contribution < -0.4 is 0 Å². The Morgan fingerprint density at radius 3 is 1.19 bits per heavy atom. The van der Waals surface area contributed by atoms with E-state index in [4.69, 9.17) is 0 Å². The first-order chi connectivity index (χ1) is 18.6. The van der Waals surface area contributed by atoms with Crippen LogP contribution in [0.4, 0.5) is 79.0 Å². The average molecular weight is 682 g/mol. The van der Waals surface area contributed by atoms with Crippen LogP contribution in [0.5, 0.6) is 0 Å². The minimum absolute atomic E-state index is 0.609. The number of halogens is 18. The molecule has 0 bridgehead atoms. The van der Waals surface area contributed by atoms with Crippen LogP contribution in [0.3, 0.4) is 0 Å². The van der Waals surface area contributed by atoms with E-state index in [9.17, 15) is 88.6 Å². The van der Waals surface area contributed by atoms with Crippen molar-refractivity contribution in [2.45, 2.75) is 79.6 Å². The molecule has 0 saturated heterocycles. The van der Waals surface area contributed by atoms with Crippen LogP contribution in [0.1, 0.15) is 25.7 Å². The summed E-state index contributed by atoms with van der Waals surface area (Å²) in [6.45, 7) is -3.71. The van der Waals surface area contributed by atoms with E-state index in [1.54, 1.807) is 0 Å². The smallest absolute Gasteiger partial charge is 0.460 e. The van der Waals surface area contributed by atoms with E-state index in [2.05, 4.69) is 9.47 Å². The first kappa shape index (κ1) is 40.6. The van der Waals surface area contributed by atoms with Crippen LogP contribution in [-0.4, -0.2) is 105 Å². The average Bonchev–Trinajstić information content (AvgIpc) is 2.75. The minimum Gasteiger partial charge on any atom is -0.465 e. The molecule has 0 heterocycles. The monoisotopic (exact) mass is 682 g/mol. The molecular weight excluding hydrogens is 660 g/mol. The molecular formula is C20H22F18NO4+. The third-order valence-electron chi connectivity index (χ3n) is 5.59. The number of ether oxygens (including phenoxy) is 2. The zero-order chi connectivity index (χ0) is 34.9. The molecule has 5 nitrogen and oxygen atoms in total. The molecule has 0 N–H and O–H groups in total. The van der Waals surface area contributed by atoms with Gasteiger partial charge >= 0.3 is 59.8 Å². The van der Waals surface area contributed by atoms with E-state index in [0.29, 0.717) is 0 Å². The van der Waals surface area contributed by atoms with Crippen LogP contribution in [0.15, 0.2) is 0 Å². The molecule has 0 rings (SSSR count). The Morgan fingerprint density at radius 2 is 0.884 bits per heavy atom. The van der Waals surface area contributed by atoms with Crippen molar-refractivity contribution in [3.63, 3.8) is 0 Å². The number of alkyl halides is 18. The number of carbonyl (C=O) groups excluding carboxylic acids is 2. The predicted octanol–water partition coefficient (Wildman–Crippen LogP) is 6.64. The van der Waals surface area contributed by atoms with Crippen molar-refractivity contribution in [3.8, 4) is 0 Å². The summed E-state index contributed by atoms with van der Waals surface area (Å²) in [5, 5.41) is 0.